The van der Waals surface area contributed by atoms with Gasteiger partial charge in [-0.25, -0.2) is 4.99 Å². The second kappa shape index (κ2) is 8.37. The van der Waals surface area contributed by atoms with Crippen molar-refractivity contribution in [3.05, 3.63) is 18.0 Å². The van der Waals surface area contributed by atoms with Crippen LogP contribution in [0.25, 0.3) is 0 Å². The van der Waals surface area contributed by atoms with Gasteiger partial charge in [-0.2, -0.15) is 5.10 Å². The molecule has 0 aliphatic rings. The van der Waals surface area contributed by atoms with Crippen LogP contribution in [0.2, 0.25) is 0 Å². The van der Waals surface area contributed by atoms with Gasteiger partial charge in [0.15, 0.2) is 5.96 Å². The van der Waals surface area contributed by atoms with Crippen LogP contribution in [0.4, 0.5) is 0 Å². The zero-order chi connectivity index (χ0) is 11.1. The Bertz CT molecular complexity index is 294. The van der Waals surface area contributed by atoms with Crippen LogP contribution < -0.4 is 11.1 Å². The maximum Gasteiger partial charge on any atom is 0.188 e. The third-order valence-corrected chi connectivity index (χ3v) is 2.01. The van der Waals surface area contributed by atoms with Crippen molar-refractivity contribution in [2.75, 3.05) is 6.54 Å². The first-order valence-electron chi connectivity index (χ1n) is 5.20. The van der Waals surface area contributed by atoms with E-state index in [1.165, 1.54) is 0 Å². The van der Waals surface area contributed by atoms with E-state index in [1.54, 1.807) is 6.20 Å². The molecule has 0 radical (unpaired) electrons. The van der Waals surface area contributed by atoms with Crippen molar-refractivity contribution >= 4 is 29.9 Å². The number of rotatable bonds is 5. The Balaban J connectivity index is 0.00000225. The molecule has 1 rings (SSSR count). The van der Waals surface area contributed by atoms with E-state index in [9.17, 15) is 0 Å². The molecule has 1 heterocycles. The number of nitrogens with one attached hydrogen (secondary N) is 2. The Morgan fingerprint density at radius 1 is 1.62 bits per heavy atom. The van der Waals surface area contributed by atoms with Gasteiger partial charge < -0.3 is 11.1 Å². The molecule has 0 aliphatic heterocycles. The number of hydrogen-bond acceptors (Lipinski definition) is 2. The molecule has 0 aliphatic carbocycles. The van der Waals surface area contributed by atoms with E-state index in [0.717, 1.165) is 18.7 Å². The predicted molar refractivity (Wildman–Crippen MR) is 76.8 cm³/mol. The number of hydrogen-bond donors (Lipinski definition) is 3. The summed E-state index contributed by atoms with van der Waals surface area (Å²) in [6.07, 6.45) is 2.80. The van der Waals surface area contributed by atoms with Crippen LogP contribution in [0, 0.1) is 5.92 Å². The lowest BCUT2D eigenvalue weighted by Crippen LogP contribution is -2.32. The number of halogens is 1. The number of aromatic nitrogens is 2. The fourth-order valence-electron chi connectivity index (χ4n) is 1.09. The van der Waals surface area contributed by atoms with E-state index in [1.807, 2.05) is 6.07 Å². The molecule has 0 saturated carbocycles. The molecular weight excluding hydrogens is 317 g/mol. The van der Waals surface area contributed by atoms with Crippen LogP contribution in [0.15, 0.2) is 17.3 Å². The maximum atomic E-state index is 5.68. The largest absolute Gasteiger partial charge is 0.370 e. The van der Waals surface area contributed by atoms with Crippen molar-refractivity contribution in [1.29, 1.82) is 0 Å². The topological polar surface area (TPSA) is 79.1 Å². The molecule has 0 spiro atoms. The minimum Gasteiger partial charge on any atom is -0.370 e. The summed E-state index contributed by atoms with van der Waals surface area (Å²) in [7, 11) is 0. The van der Waals surface area contributed by atoms with Crippen molar-refractivity contribution in [2.24, 2.45) is 16.6 Å². The van der Waals surface area contributed by atoms with Gasteiger partial charge >= 0.3 is 0 Å². The van der Waals surface area contributed by atoms with Gasteiger partial charge in [0, 0.05) is 12.7 Å². The molecule has 1 aromatic heterocycles. The molecule has 0 unspecified atom stereocenters. The highest BCUT2D eigenvalue weighted by Gasteiger charge is 1.95. The first kappa shape index (κ1) is 15.2. The normalized spacial score (nSPS) is 11.3. The number of nitrogens with zero attached hydrogens (tertiary/aromatic N) is 2. The molecule has 5 nitrogen and oxygen atoms in total. The Labute approximate surface area is 113 Å². The van der Waals surface area contributed by atoms with Crippen molar-refractivity contribution in [3.8, 4) is 0 Å². The van der Waals surface area contributed by atoms with E-state index < -0.39 is 0 Å². The highest BCUT2D eigenvalue weighted by Crippen LogP contribution is 1.96. The average molecular weight is 337 g/mol. The second-order valence-corrected chi connectivity index (χ2v) is 3.89. The van der Waals surface area contributed by atoms with Gasteiger partial charge in [-0.05, 0) is 18.4 Å². The minimum atomic E-state index is 0. The summed E-state index contributed by atoms with van der Waals surface area (Å²) < 4.78 is 0. The van der Waals surface area contributed by atoms with E-state index in [0.29, 0.717) is 18.4 Å². The van der Waals surface area contributed by atoms with E-state index in [-0.39, 0.29) is 24.0 Å². The van der Waals surface area contributed by atoms with Gasteiger partial charge in [0.2, 0.25) is 0 Å². The predicted octanol–water partition coefficient (Wildman–Crippen LogP) is 1.48. The van der Waals surface area contributed by atoms with E-state index in [4.69, 9.17) is 5.73 Å². The van der Waals surface area contributed by atoms with Crippen LogP contribution >= 0.6 is 24.0 Å². The van der Waals surface area contributed by atoms with Gasteiger partial charge in [0.1, 0.15) is 0 Å². The first-order valence-corrected chi connectivity index (χ1v) is 5.20. The molecule has 0 aromatic carbocycles. The third-order valence-electron chi connectivity index (χ3n) is 2.01. The van der Waals surface area contributed by atoms with Gasteiger partial charge in [-0.15, -0.1) is 24.0 Å². The fourth-order valence-corrected chi connectivity index (χ4v) is 1.09. The van der Waals surface area contributed by atoms with Gasteiger partial charge in [0.25, 0.3) is 0 Å². The lowest BCUT2D eigenvalue weighted by Gasteiger charge is -2.06. The van der Waals surface area contributed by atoms with Crippen molar-refractivity contribution < 1.29 is 0 Å². The van der Waals surface area contributed by atoms with Crippen molar-refractivity contribution in [2.45, 2.75) is 26.8 Å². The van der Waals surface area contributed by atoms with Gasteiger partial charge in [-0.3, -0.25) is 5.10 Å². The third kappa shape index (κ3) is 6.65. The highest BCUT2D eigenvalue weighted by molar-refractivity contribution is 14.0. The van der Waals surface area contributed by atoms with Gasteiger partial charge in [-0.1, -0.05) is 13.8 Å². The SMILES string of the molecule is CC(C)CCNC(N)=NCc1ccn[nH]1.I. The molecule has 0 bridgehead atoms. The summed E-state index contributed by atoms with van der Waals surface area (Å²) in [6, 6.07) is 1.88. The molecule has 4 N–H and O–H groups in total. The number of aliphatic imine (C=N–C) groups is 1. The Kier molecular flexibility index (Phi) is 7.96. The van der Waals surface area contributed by atoms with Crippen LogP contribution in [0.1, 0.15) is 26.0 Å². The van der Waals surface area contributed by atoms with Crippen LogP contribution in [0.5, 0.6) is 0 Å². The van der Waals surface area contributed by atoms with Gasteiger partial charge in [0.05, 0.1) is 12.2 Å². The molecule has 1 aromatic rings. The molecular formula is C10H20IN5. The lowest BCUT2D eigenvalue weighted by atomic mass is 10.1. The lowest BCUT2D eigenvalue weighted by molar-refractivity contribution is 0.576. The Hall–Kier alpha value is -0.790. The minimum absolute atomic E-state index is 0. The molecule has 6 heteroatoms. The highest BCUT2D eigenvalue weighted by atomic mass is 127. The Morgan fingerprint density at radius 2 is 2.38 bits per heavy atom. The van der Waals surface area contributed by atoms with Crippen LogP contribution in [-0.4, -0.2) is 22.7 Å². The first-order chi connectivity index (χ1) is 7.18. The summed E-state index contributed by atoms with van der Waals surface area (Å²) in [4.78, 5) is 4.18. The van der Waals surface area contributed by atoms with Crippen molar-refractivity contribution in [1.82, 2.24) is 15.5 Å². The van der Waals surface area contributed by atoms with Crippen molar-refractivity contribution in [3.63, 3.8) is 0 Å². The number of guanidine groups is 1. The molecule has 0 fully saturated rings. The number of aromatic amines is 1. The summed E-state index contributed by atoms with van der Waals surface area (Å²) in [6.45, 7) is 5.77. The van der Waals surface area contributed by atoms with Crippen LogP contribution in [-0.2, 0) is 6.54 Å². The summed E-state index contributed by atoms with van der Waals surface area (Å²) in [5.41, 5.74) is 6.64. The second-order valence-electron chi connectivity index (χ2n) is 3.89. The molecule has 0 atom stereocenters. The summed E-state index contributed by atoms with van der Waals surface area (Å²) in [5.74, 6) is 1.17. The van der Waals surface area contributed by atoms with E-state index in [2.05, 4.69) is 34.4 Å². The smallest absolute Gasteiger partial charge is 0.188 e. The maximum absolute atomic E-state index is 5.68. The van der Waals surface area contributed by atoms with E-state index >= 15 is 0 Å². The Morgan fingerprint density at radius 3 is 2.94 bits per heavy atom. The zero-order valence-corrected chi connectivity index (χ0v) is 12.1. The number of nitrogens with two attached hydrogens (primary N) is 1. The standard InChI is InChI=1S/C10H19N5.HI/c1-8(2)3-5-12-10(11)13-7-9-4-6-14-15-9;/h4,6,8H,3,5,7H2,1-2H3,(H,14,15)(H3,11,12,13);1H. The summed E-state index contributed by atoms with van der Waals surface area (Å²) >= 11 is 0. The molecule has 0 amide bonds. The fraction of sp³-hybridized carbons (Fsp3) is 0.600. The summed E-state index contributed by atoms with van der Waals surface area (Å²) in [5, 5.41) is 9.73. The molecule has 0 saturated heterocycles. The monoisotopic (exact) mass is 337 g/mol. The molecule has 16 heavy (non-hydrogen) atoms. The molecule has 92 valence electrons. The quantitative estimate of drug-likeness (QED) is 0.433. The van der Waals surface area contributed by atoms with Crippen LogP contribution in [0.3, 0.4) is 0 Å². The number of H-pyrrole nitrogens is 1. The average Bonchev–Trinajstić information content (AvgIpc) is 2.66. The zero-order valence-electron chi connectivity index (χ0n) is 9.73.